The Morgan fingerprint density at radius 3 is 1.54 bits per heavy atom. The van der Waals surface area contributed by atoms with Gasteiger partial charge in [-0.05, 0) is 122 Å². The van der Waals surface area contributed by atoms with E-state index in [0.717, 1.165) is 57.9 Å². The van der Waals surface area contributed by atoms with Gasteiger partial charge in [0.2, 0.25) is 5.75 Å². The van der Waals surface area contributed by atoms with E-state index in [-0.39, 0.29) is 35.8 Å². The maximum Gasteiger partial charge on any atom is 0.338 e. The van der Waals surface area contributed by atoms with Crippen molar-refractivity contribution >= 4 is 11.9 Å². The van der Waals surface area contributed by atoms with Crippen LogP contribution in [0.25, 0.3) is 0 Å². The Balaban J connectivity index is 2.68. The summed E-state index contributed by atoms with van der Waals surface area (Å²) in [5.74, 6) is -0.540. The van der Waals surface area contributed by atoms with Gasteiger partial charge in [0.05, 0.1) is 38.6 Å². The molecular weight excluding hydrogens is 793 g/mol. The molecule has 10 nitrogen and oxygen atoms in total. The molecular formula is C53H90N2O8. The number of hydrogen-bond acceptors (Lipinski definition) is 10. The number of nitrogens with one attached hydrogen (secondary N) is 1. The van der Waals surface area contributed by atoms with Gasteiger partial charge in [0.15, 0.2) is 11.5 Å². The van der Waals surface area contributed by atoms with E-state index in [9.17, 15) is 19.8 Å². The van der Waals surface area contributed by atoms with Crippen LogP contribution in [0, 0.1) is 0 Å². The molecule has 1 rings (SSSR count). The number of carbonyl (C=O) groups is 2. The van der Waals surface area contributed by atoms with Gasteiger partial charge in [-0.1, -0.05) is 127 Å². The summed E-state index contributed by atoms with van der Waals surface area (Å²) in [5.41, 5.74) is 0.228. The third-order valence-electron chi connectivity index (χ3n) is 11.0. The van der Waals surface area contributed by atoms with E-state index < -0.39 is 24.1 Å². The molecule has 0 bridgehead atoms. The number of hydrogen-bond donors (Lipinski definition) is 3. The summed E-state index contributed by atoms with van der Waals surface area (Å²) >= 11 is 0. The van der Waals surface area contributed by atoms with Gasteiger partial charge in [-0.2, -0.15) is 0 Å². The lowest BCUT2D eigenvalue weighted by Crippen LogP contribution is -2.39. The van der Waals surface area contributed by atoms with E-state index in [4.69, 9.17) is 18.9 Å². The van der Waals surface area contributed by atoms with Crippen LogP contribution in [0.15, 0.2) is 60.7 Å². The number of aliphatic hydroxyl groups excluding tert-OH is 2. The van der Waals surface area contributed by atoms with E-state index in [1.54, 1.807) is 0 Å². The Morgan fingerprint density at radius 1 is 0.635 bits per heavy atom. The van der Waals surface area contributed by atoms with Crippen LogP contribution >= 0.6 is 0 Å². The average molecular weight is 883 g/mol. The Hall–Kier alpha value is -3.44. The highest BCUT2D eigenvalue weighted by Gasteiger charge is 2.22. The predicted molar refractivity (Wildman–Crippen MR) is 261 cm³/mol. The molecule has 0 aliphatic rings. The van der Waals surface area contributed by atoms with Crippen molar-refractivity contribution in [3.05, 3.63) is 66.3 Å². The molecule has 63 heavy (non-hydrogen) atoms. The molecule has 0 spiro atoms. The first-order chi connectivity index (χ1) is 30.8. The molecule has 0 saturated carbocycles. The summed E-state index contributed by atoms with van der Waals surface area (Å²) in [5, 5.41) is 25.1. The van der Waals surface area contributed by atoms with E-state index in [1.807, 2.05) is 7.05 Å². The normalized spacial score (nSPS) is 13.0. The third-order valence-corrected chi connectivity index (χ3v) is 11.0. The molecule has 2 atom stereocenters. The molecule has 0 heterocycles. The van der Waals surface area contributed by atoms with Crippen molar-refractivity contribution in [1.82, 2.24) is 10.2 Å². The van der Waals surface area contributed by atoms with Crippen LogP contribution in [0.5, 0.6) is 17.2 Å². The molecule has 0 saturated heterocycles. The van der Waals surface area contributed by atoms with Crippen molar-refractivity contribution in [2.24, 2.45) is 0 Å². The number of methoxy groups -OCH3 is 2. The van der Waals surface area contributed by atoms with Crippen molar-refractivity contribution < 1.29 is 38.7 Å². The molecule has 360 valence electrons. The number of nitrogens with zero attached hydrogens (tertiary/aromatic N) is 1. The molecule has 1 aromatic carbocycles. The zero-order chi connectivity index (χ0) is 46.0. The largest absolute Gasteiger partial charge is 0.493 e. The fourth-order valence-corrected chi connectivity index (χ4v) is 7.27. The van der Waals surface area contributed by atoms with E-state index in [1.165, 1.54) is 103 Å². The molecule has 0 fully saturated rings. The number of unbranched alkanes of at least 4 members (excludes halogenated alkanes) is 14. The number of allylic oxidation sites excluding steroid dienone is 8. The van der Waals surface area contributed by atoms with Gasteiger partial charge < -0.3 is 34.5 Å². The zero-order valence-corrected chi connectivity index (χ0v) is 40.4. The highest BCUT2D eigenvalue weighted by Crippen LogP contribution is 2.39. The molecule has 0 radical (unpaired) electrons. The predicted octanol–water partition coefficient (Wildman–Crippen LogP) is 12.0. The van der Waals surface area contributed by atoms with E-state index >= 15 is 0 Å². The second kappa shape index (κ2) is 41.3. The van der Waals surface area contributed by atoms with Crippen LogP contribution in [-0.2, 0) is 9.53 Å². The lowest BCUT2D eigenvalue weighted by Gasteiger charge is -2.27. The average Bonchev–Trinajstić information content (AvgIpc) is 3.27. The molecule has 2 unspecified atom stereocenters. The fraction of sp³-hybridized carbons (Fsp3) is 0.698. The van der Waals surface area contributed by atoms with Crippen LogP contribution in [0.4, 0.5) is 0 Å². The van der Waals surface area contributed by atoms with Crippen LogP contribution < -0.4 is 19.5 Å². The number of ether oxygens (including phenoxy) is 4. The first-order valence-corrected chi connectivity index (χ1v) is 24.8. The van der Waals surface area contributed by atoms with Crippen LogP contribution in [0.1, 0.15) is 185 Å². The number of carbonyl (C=O) groups excluding carboxylic acids is 2. The van der Waals surface area contributed by atoms with Gasteiger partial charge in [-0.15, -0.1) is 0 Å². The maximum atomic E-state index is 13.1. The molecule has 3 N–H and O–H groups in total. The standard InChI is InChI=1S/C53H90N2O8/c1-6-8-10-12-14-16-18-20-22-24-26-28-30-32-36-47(56)44-55(45-48(57)37-33-31-29-27-25-23-21-19-17-15-13-11-9-7-2)40-34-38-51(58)63-52-49(60-4)42-46(43-50(52)61-5)53(59)62-41-35-39-54-3/h18-21,24-27,42-43,47-48,54,56-57H,6-17,22-23,28-41,44-45H2,1-5H3/b20-18-,21-19-,26-24-,27-25-. The molecule has 1 aromatic rings. The van der Waals surface area contributed by atoms with Gasteiger partial charge in [-0.25, -0.2) is 4.79 Å². The van der Waals surface area contributed by atoms with Crippen LogP contribution in [0.2, 0.25) is 0 Å². The van der Waals surface area contributed by atoms with E-state index in [0.29, 0.717) is 45.3 Å². The van der Waals surface area contributed by atoms with Crippen molar-refractivity contribution in [1.29, 1.82) is 0 Å². The van der Waals surface area contributed by atoms with Gasteiger partial charge in [-0.3, -0.25) is 9.69 Å². The summed E-state index contributed by atoms with van der Waals surface area (Å²) in [6.45, 7) is 6.84. The van der Waals surface area contributed by atoms with Crippen molar-refractivity contribution in [2.75, 3.05) is 54.1 Å². The molecule has 0 aliphatic heterocycles. The molecule has 10 heteroatoms. The second-order valence-corrected chi connectivity index (χ2v) is 16.8. The third kappa shape index (κ3) is 32.0. The number of aliphatic hydroxyl groups is 2. The van der Waals surface area contributed by atoms with E-state index in [2.05, 4.69) is 72.7 Å². The van der Waals surface area contributed by atoms with Crippen LogP contribution in [0.3, 0.4) is 0 Å². The number of rotatable bonds is 42. The highest BCUT2D eigenvalue weighted by molar-refractivity contribution is 5.91. The minimum Gasteiger partial charge on any atom is -0.493 e. The number of benzene rings is 1. The quantitative estimate of drug-likeness (QED) is 0.0253. The zero-order valence-electron chi connectivity index (χ0n) is 40.4. The molecule has 0 amide bonds. The Kier molecular flexibility index (Phi) is 37.7. The summed E-state index contributed by atoms with van der Waals surface area (Å²) in [6.07, 6.45) is 42.9. The van der Waals surface area contributed by atoms with Gasteiger partial charge >= 0.3 is 11.9 Å². The second-order valence-electron chi connectivity index (χ2n) is 16.8. The molecule has 0 aliphatic carbocycles. The first-order valence-electron chi connectivity index (χ1n) is 24.8. The van der Waals surface area contributed by atoms with Gasteiger partial charge in [0.1, 0.15) is 0 Å². The Bertz CT molecular complexity index is 1320. The monoisotopic (exact) mass is 883 g/mol. The fourth-order valence-electron chi connectivity index (χ4n) is 7.27. The smallest absolute Gasteiger partial charge is 0.338 e. The van der Waals surface area contributed by atoms with Crippen molar-refractivity contribution in [3.63, 3.8) is 0 Å². The lowest BCUT2D eigenvalue weighted by molar-refractivity contribution is -0.134. The molecule has 0 aromatic heterocycles. The van der Waals surface area contributed by atoms with Crippen molar-refractivity contribution in [3.8, 4) is 17.2 Å². The minimum atomic E-state index is -0.532. The Morgan fingerprint density at radius 2 is 1.10 bits per heavy atom. The van der Waals surface area contributed by atoms with Gasteiger partial charge in [0, 0.05) is 19.5 Å². The summed E-state index contributed by atoms with van der Waals surface area (Å²) in [7, 11) is 4.70. The summed E-state index contributed by atoms with van der Waals surface area (Å²) in [6, 6.07) is 2.96. The highest BCUT2D eigenvalue weighted by atomic mass is 16.6. The minimum absolute atomic E-state index is 0.0957. The topological polar surface area (TPSA) is 127 Å². The summed E-state index contributed by atoms with van der Waals surface area (Å²) in [4.78, 5) is 27.9. The Labute approximate surface area is 384 Å². The van der Waals surface area contributed by atoms with Crippen molar-refractivity contribution in [2.45, 2.75) is 187 Å². The SMILES string of the molecule is CCCCCCC/C=C\C/C=C\CCCCC(O)CN(CCCC(=O)Oc1c(OC)cc(C(=O)OCCCNC)cc1OC)CC(O)CCCC/C=C\C/C=C\CCCCCCC. The first kappa shape index (κ1) is 57.6. The lowest BCUT2D eigenvalue weighted by atomic mass is 10.1. The van der Waals surface area contributed by atoms with Crippen LogP contribution in [-0.4, -0.2) is 93.3 Å². The number of esters is 2. The summed E-state index contributed by atoms with van der Waals surface area (Å²) < 4.78 is 22.1. The maximum absolute atomic E-state index is 13.1. The van der Waals surface area contributed by atoms with Gasteiger partial charge in [0.25, 0.3) is 0 Å².